The molecule has 0 spiro atoms. The molecule has 0 fully saturated rings. The van der Waals surface area contributed by atoms with Crippen molar-refractivity contribution in [3.63, 3.8) is 0 Å². The van der Waals surface area contributed by atoms with Crippen LogP contribution in [0.4, 0.5) is 20.2 Å². The summed E-state index contributed by atoms with van der Waals surface area (Å²) < 4.78 is 37.2. The van der Waals surface area contributed by atoms with E-state index in [0.717, 1.165) is 18.4 Å². The molecule has 0 aliphatic carbocycles. The van der Waals surface area contributed by atoms with Gasteiger partial charge in [0.05, 0.1) is 18.2 Å². The van der Waals surface area contributed by atoms with Crippen LogP contribution in [-0.4, -0.2) is 37.0 Å². The third-order valence-electron chi connectivity index (χ3n) is 7.06. The van der Waals surface area contributed by atoms with Gasteiger partial charge in [-0.2, -0.15) is 14.0 Å². The highest BCUT2D eigenvalue weighted by atomic mass is 19.3. The Morgan fingerprint density at radius 2 is 1.83 bits per heavy atom. The number of ether oxygens (including phenoxy) is 2. The monoisotopic (exact) mass is 576 g/mol. The molecule has 0 radical (unpaired) electrons. The van der Waals surface area contributed by atoms with E-state index in [1.165, 1.54) is 23.1 Å². The number of benzene rings is 3. The predicted molar refractivity (Wildman–Crippen MR) is 156 cm³/mol. The third kappa shape index (κ3) is 7.55. The van der Waals surface area contributed by atoms with Crippen molar-refractivity contribution in [1.29, 1.82) is 5.26 Å². The topological polar surface area (TPSA) is 104 Å². The molecule has 0 aromatic heterocycles. The summed E-state index contributed by atoms with van der Waals surface area (Å²) >= 11 is 0. The van der Waals surface area contributed by atoms with Gasteiger partial charge >= 0.3 is 6.61 Å². The second kappa shape index (κ2) is 13.8. The molecule has 2 amide bonds. The highest BCUT2D eigenvalue weighted by molar-refractivity contribution is 5.92. The SMILES string of the molecule is CCCCOc1ccc2cc1[C@H](C)CC(=O)Nc1ccc(OC(F)F)c(c1)CN(C)C(=O)[C@@H]2Nc1ccc(C#N)cc1. The van der Waals surface area contributed by atoms with E-state index in [2.05, 4.69) is 23.6 Å². The van der Waals surface area contributed by atoms with Crippen LogP contribution in [0.2, 0.25) is 0 Å². The molecule has 4 bridgehead atoms. The first-order valence-corrected chi connectivity index (χ1v) is 13.8. The Morgan fingerprint density at radius 3 is 2.52 bits per heavy atom. The maximum Gasteiger partial charge on any atom is 0.387 e. The molecule has 0 unspecified atom stereocenters. The molecule has 0 saturated carbocycles. The quantitative estimate of drug-likeness (QED) is 0.293. The smallest absolute Gasteiger partial charge is 0.387 e. The van der Waals surface area contributed by atoms with E-state index in [-0.39, 0.29) is 36.4 Å². The van der Waals surface area contributed by atoms with Crippen LogP contribution < -0.4 is 20.1 Å². The lowest BCUT2D eigenvalue weighted by molar-refractivity contribution is -0.131. The molecule has 3 aromatic carbocycles. The summed E-state index contributed by atoms with van der Waals surface area (Å²) in [6.07, 6.45) is 1.96. The molecule has 1 aliphatic heterocycles. The molecule has 1 heterocycles. The van der Waals surface area contributed by atoms with Gasteiger partial charge in [-0.15, -0.1) is 0 Å². The number of carbonyl (C=O) groups excluding carboxylic acids is 2. The summed E-state index contributed by atoms with van der Waals surface area (Å²) in [7, 11) is 1.57. The number of likely N-dealkylation sites (N-methyl/N-ethyl adjacent to an activating group) is 1. The molecule has 2 N–H and O–H groups in total. The number of hydrogen-bond donors (Lipinski definition) is 2. The molecule has 8 nitrogen and oxygen atoms in total. The fourth-order valence-electron chi connectivity index (χ4n) is 4.83. The number of fused-ring (bicyclic) bond motifs is 4. The average molecular weight is 577 g/mol. The fraction of sp³-hybridized carbons (Fsp3) is 0.344. The van der Waals surface area contributed by atoms with Gasteiger partial charge in [-0.25, -0.2) is 0 Å². The summed E-state index contributed by atoms with van der Waals surface area (Å²) in [6.45, 7) is 1.39. The van der Waals surface area contributed by atoms with Gasteiger partial charge in [0.2, 0.25) is 11.8 Å². The second-order valence-corrected chi connectivity index (χ2v) is 10.3. The van der Waals surface area contributed by atoms with E-state index in [9.17, 15) is 23.6 Å². The first-order valence-electron chi connectivity index (χ1n) is 13.8. The number of nitriles is 1. The van der Waals surface area contributed by atoms with Crippen molar-refractivity contribution < 1.29 is 27.8 Å². The summed E-state index contributed by atoms with van der Waals surface area (Å²) in [5.41, 5.74) is 3.23. The zero-order chi connectivity index (χ0) is 30.2. The number of halogens is 2. The van der Waals surface area contributed by atoms with E-state index < -0.39 is 12.7 Å². The van der Waals surface area contributed by atoms with E-state index in [1.54, 1.807) is 31.3 Å². The Morgan fingerprint density at radius 1 is 1.10 bits per heavy atom. The van der Waals surface area contributed by atoms with Crippen LogP contribution in [0, 0.1) is 11.3 Å². The molecule has 0 saturated heterocycles. The van der Waals surface area contributed by atoms with Crippen molar-refractivity contribution in [2.24, 2.45) is 0 Å². The van der Waals surface area contributed by atoms with Crippen LogP contribution in [0.25, 0.3) is 0 Å². The maximum atomic E-state index is 14.0. The Bertz CT molecular complexity index is 1460. The highest BCUT2D eigenvalue weighted by Crippen LogP contribution is 2.35. The van der Waals surface area contributed by atoms with Gasteiger partial charge in [0.15, 0.2) is 0 Å². The van der Waals surface area contributed by atoms with Crippen LogP contribution >= 0.6 is 0 Å². The minimum Gasteiger partial charge on any atom is -0.493 e. The lowest BCUT2D eigenvalue weighted by Gasteiger charge is -2.28. The molecular weight excluding hydrogens is 542 g/mol. The summed E-state index contributed by atoms with van der Waals surface area (Å²) in [4.78, 5) is 28.5. The summed E-state index contributed by atoms with van der Waals surface area (Å²) in [6, 6.07) is 17.8. The molecule has 2 atom stereocenters. The number of unbranched alkanes of at least 4 members (excludes halogenated alkanes) is 1. The molecule has 10 heteroatoms. The van der Waals surface area contributed by atoms with Crippen molar-refractivity contribution in [1.82, 2.24) is 4.90 Å². The zero-order valence-electron chi connectivity index (χ0n) is 23.8. The summed E-state index contributed by atoms with van der Waals surface area (Å²) in [5, 5.41) is 15.3. The maximum absolute atomic E-state index is 14.0. The van der Waals surface area contributed by atoms with Crippen molar-refractivity contribution in [2.75, 3.05) is 24.3 Å². The lowest BCUT2D eigenvalue weighted by atomic mass is 9.92. The molecule has 1 aliphatic rings. The van der Waals surface area contributed by atoms with E-state index >= 15 is 0 Å². The van der Waals surface area contributed by atoms with Crippen molar-refractivity contribution in [2.45, 2.75) is 58.2 Å². The number of alkyl halides is 2. The van der Waals surface area contributed by atoms with Crippen LogP contribution in [0.15, 0.2) is 60.7 Å². The van der Waals surface area contributed by atoms with Crippen LogP contribution in [-0.2, 0) is 16.1 Å². The minimum absolute atomic E-state index is 0.0579. The molecular formula is C32H34F2N4O4. The van der Waals surface area contributed by atoms with Crippen LogP contribution in [0.1, 0.15) is 67.3 Å². The standard InChI is InChI=1S/C32H34F2N4O4/c1-4-5-14-41-28-12-8-22-17-26(28)20(2)15-29(39)36-25-11-13-27(42-32(33)34)23(16-25)19-38(3)31(40)30(22)37-24-9-6-21(18-35)7-10-24/h6-13,16-17,20,30,32,37H,4-5,14-15,19H2,1-3H3,(H,36,39)/t20-,30-/m1/s1. The Balaban J connectivity index is 1.80. The zero-order valence-corrected chi connectivity index (χ0v) is 23.8. The predicted octanol–water partition coefficient (Wildman–Crippen LogP) is 6.60. The van der Waals surface area contributed by atoms with Gasteiger partial charge in [-0.05, 0) is 78.1 Å². The van der Waals surface area contributed by atoms with Crippen LogP contribution in [0.5, 0.6) is 11.5 Å². The van der Waals surface area contributed by atoms with E-state index in [1.807, 2.05) is 25.1 Å². The highest BCUT2D eigenvalue weighted by Gasteiger charge is 2.28. The van der Waals surface area contributed by atoms with Gasteiger partial charge in [-0.3, -0.25) is 9.59 Å². The van der Waals surface area contributed by atoms with Crippen molar-refractivity contribution >= 4 is 23.2 Å². The largest absolute Gasteiger partial charge is 0.493 e. The number of hydrogen-bond acceptors (Lipinski definition) is 6. The molecule has 220 valence electrons. The Labute approximate surface area is 244 Å². The Kier molecular flexibility index (Phi) is 9.97. The van der Waals surface area contributed by atoms with Gasteiger partial charge in [0, 0.05) is 37.0 Å². The van der Waals surface area contributed by atoms with E-state index in [0.29, 0.717) is 40.4 Å². The fourth-order valence-corrected chi connectivity index (χ4v) is 4.83. The number of nitrogens with zero attached hydrogens (tertiary/aromatic N) is 2. The van der Waals surface area contributed by atoms with Gasteiger partial charge in [0.1, 0.15) is 17.5 Å². The van der Waals surface area contributed by atoms with Gasteiger partial charge in [-0.1, -0.05) is 26.3 Å². The molecule has 3 aromatic rings. The van der Waals surface area contributed by atoms with E-state index in [4.69, 9.17) is 9.47 Å². The summed E-state index contributed by atoms with van der Waals surface area (Å²) in [5.74, 6) is -0.292. The number of rotatable bonds is 8. The van der Waals surface area contributed by atoms with Crippen molar-refractivity contribution in [3.8, 4) is 17.6 Å². The van der Waals surface area contributed by atoms with Crippen LogP contribution in [0.3, 0.4) is 0 Å². The molecule has 4 rings (SSSR count). The minimum atomic E-state index is -3.06. The second-order valence-electron chi connectivity index (χ2n) is 10.3. The first kappa shape index (κ1) is 30.3. The first-order chi connectivity index (χ1) is 20.2. The van der Waals surface area contributed by atoms with Gasteiger partial charge < -0.3 is 25.0 Å². The third-order valence-corrected chi connectivity index (χ3v) is 7.06. The number of anilines is 2. The van der Waals surface area contributed by atoms with Gasteiger partial charge in [0.25, 0.3) is 0 Å². The molecule has 42 heavy (non-hydrogen) atoms. The lowest BCUT2D eigenvalue weighted by Crippen LogP contribution is -2.35. The number of carbonyl (C=O) groups is 2. The normalized spacial score (nSPS) is 17.2. The number of nitrogens with one attached hydrogen (secondary N) is 2. The Hall–Kier alpha value is -4.65. The van der Waals surface area contributed by atoms with Crippen molar-refractivity contribution in [3.05, 3.63) is 82.9 Å². The average Bonchev–Trinajstić information content (AvgIpc) is 2.96. The number of amides is 2.